The lowest BCUT2D eigenvalue weighted by molar-refractivity contribution is -0.130. The molecular weight excluding hydrogens is 530 g/mol. The Morgan fingerprint density at radius 1 is 0.750 bits per heavy atom. The van der Waals surface area contributed by atoms with E-state index in [1.54, 1.807) is 9.80 Å². The highest BCUT2D eigenvalue weighted by Gasteiger charge is 2.53. The summed E-state index contributed by atoms with van der Waals surface area (Å²) >= 11 is 4.52. The van der Waals surface area contributed by atoms with Gasteiger partial charge in [0.25, 0.3) is 11.8 Å². The average molecular weight is 542 g/mol. The van der Waals surface area contributed by atoms with E-state index in [-0.39, 0.29) is 11.8 Å². The quantitative estimate of drug-likeness (QED) is 0.481. The van der Waals surface area contributed by atoms with Gasteiger partial charge in [-0.3, -0.25) is 19.4 Å². The summed E-state index contributed by atoms with van der Waals surface area (Å²) in [5, 5.41) is 0. The maximum absolute atomic E-state index is 13.3. The minimum absolute atomic E-state index is 0.0504. The lowest BCUT2D eigenvalue weighted by atomic mass is 10.0. The largest absolute Gasteiger partial charge is 0.296 e. The molecule has 0 bridgehead atoms. The predicted molar refractivity (Wildman–Crippen MR) is 108 cm³/mol. The maximum Gasteiger partial charge on any atom is 0.251 e. The van der Waals surface area contributed by atoms with E-state index in [1.165, 1.54) is 0 Å². The molecule has 0 aliphatic carbocycles. The fraction of sp³-hybridized carbons (Fsp3) is 0.222. The zero-order valence-electron chi connectivity index (χ0n) is 12.5. The summed E-state index contributed by atoms with van der Waals surface area (Å²) in [7, 11) is 0. The molecule has 3 aliphatic rings. The van der Waals surface area contributed by atoms with Crippen molar-refractivity contribution in [1.29, 1.82) is 0 Å². The Bertz CT molecular complexity index is 852. The zero-order valence-corrected chi connectivity index (χ0v) is 16.8. The minimum atomic E-state index is -0.401. The third kappa shape index (κ3) is 1.84. The van der Waals surface area contributed by atoms with Gasteiger partial charge in [0.1, 0.15) is 12.1 Å². The van der Waals surface area contributed by atoms with Crippen molar-refractivity contribution < 1.29 is 9.59 Å². The number of rotatable bonds is 0. The molecule has 0 N–H and O–H groups in total. The summed E-state index contributed by atoms with van der Waals surface area (Å²) in [5.74, 6) is 0.101. The van der Waals surface area contributed by atoms with Gasteiger partial charge in [-0.2, -0.15) is 0 Å². The number of carbonyl (C=O) groups is 2. The fourth-order valence-corrected chi connectivity index (χ4v) is 5.77. The van der Waals surface area contributed by atoms with Crippen molar-refractivity contribution in [1.82, 2.24) is 0 Å². The van der Waals surface area contributed by atoms with E-state index in [9.17, 15) is 9.59 Å². The number of benzene rings is 2. The number of piperazine rings is 1. The molecule has 6 heteroatoms. The highest BCUT2D eigenvalue weighted by Crippen LogP contribution is 2.45. The molecule has 3 heterocycles. The Morgan fingerprint density at radius 3 is 1.58 bits per heavy atom. The van der Waals surface area contributed by atoms with E-state index in [0.717, 1.165) is 29.6 Å². The number of hydrogen-bond acceptors (Lipinski definition) is 2. The number of anilines is 2. The first-order valence-electron chi connectivity index (χ1n) is 7.79. The topological polar surface area (TPSA) is 40.6 Å². The van der Waals surface area contributed by atoms with Gasteiger partial charge in [0.05, 0.1) is 11.4 Å². The van der Waals surface area contributed by atoms with Gasteiger partial charge in [0, 0.05) is 20.0 Å². The van der Waals surface area contributed by atoms with Crippen LogP contribution < -0.4 is 9.80 Å². The number of amides is 2. The number of fused-ring (bicyclic) bond motifs is 6. The lowest BCUT2D eigenvalue weighted by Gasteiger charge is -2.39. The fourth-order valence-electron chi connectivity index (χ4n) is 4.14. The average Bonchev–Trinajstić information content (AvgIpc) is 3.13. The van der Waals surface area contributed by atoms with Gasteiger partial charge >= 0.3 is 0 Å². The molecule has 120 valence electrons. The summed E-state index contributed by atoms with van der Waals surface area (Å²) in [6, 6.07) is 11.2. The zero-order chi connectivity index (χ0) is 16.6. The van der Waals surface area contributed by atoms with Crippen molar-refractivity contribution in [2.75, 3.05) is 9.80 Å². The minimum Gasteiger partial charge on any atom is -0.296 e. The van der Waals surface area contributed by atoms with E-state index < -0.39 is 12.1 Å². The first-order chi connectivity index (χ1) is 11.6. The monoisotopic (exact) mass is 542 g/mol. The van der Waals surface area contributed by atoms with E-state index in [4.69, 9.17) is 0 Å². The van der Waals surface area contributed by atoms with Crippen LogP contribution in [0.25, 0.3) is 0 Å². The summed E-state index contributed by atoms with van der Waals surface area (Å²) in [6.45, 7) is 0. The van der Waals surface area contributed by atoms with Crippen molar-refractivity contribution in [2.45, 2.75) is 24.9 Å². The molecule has 1 saturated heterocycles. The maximum atomic E-state index is 13.3. The van der Waals surface area contributed by atoms with Gasteiger partial charge < -0.3 is 0 Å². The normalized spacial score (nSPS) is 23.9. The number of halogens is 2. The number of para-hydroxylation sites is 2. The molecule has 2 aromatic rings. The van der Waals surface area contributed by atoms with Crippen LogP contribution in [0.5, 0.6) is 0 Å². The van der Waals surface area contributed by atoms with E-state index >= 15 is 0 Å². The third-order valence-electron chi connectivity index (χ3n) is 5.12. The Labute approximate surface area is 166 Å². The Hall–Kier alpha value is -1.16. The van der Waals surface area contributed by atoms with Crippen LogP contribution in [0.2, 0.25) is 0 Å². The second kappa shape index (κ2) is 5.17. The second-order valence-electron chi connectivity index (χ2n) is 6.35. The molecule has 2 aromatic carbocycles. The van der Waals surface area contributed by atoms with Gasteiger partial charge in [0.15, 0.2) is 0 Å². The Kier molecular flexibility index (Phi) is 3.26. The van der Waals surface area contributed by atoms with Crippen molar-refractivity contribution in [3.63, 3.8) is 0 Å². The van der Waals surface area contributed by atoms with Crippen molar-refractivity contribution in [2.24, 2.45) is 0 Å². The van der Waals surface area contributed by atoms with Gasteiger partial charge in [0.2, 0.25) is 0 Å². The molecule has 0 spiro atoms. The van der Waals surface area contributed by atoms with Crippen LogP contribution in [0, 0.1) is 7.14 Å². The second-order valence-corrected chi connectivity index (χ2v) is 8.68. The molecule has 3 aliphatic heterocycles. The van der Waals surface area contributed by atoms with Gasteiger partial charge in [-0.15, -0.1) is 0 Å². The van der Waals surface area contributed by atoms with Crippen LogP contribution >= 0.6 is 45.2 Å². The molecule has 1 fully saturated rings. The van der Waals surface area contributed by atoms with Gasteiger partial charge in [-0.1, -0.05) is 24.3 Å². The first kappa shape index (κ1) is 15.1. The van der Waals surface area contributed by atoms with Gasteiger partial charge in [-0.25, -0.2) is 0 Å². The summed E-state index contributed by atoms with van der Waals surface area (Å²) in [5.41, 5.74) is 4.06. The number of hydrogen-bond donors (Lipinski definition) is 0. The molecule has 2 atom stereocenters. The van der Waals surface area contributed by atoms with E-state index in [1.807, 2.05) is 36.4 Å². The van der Waals surface area contributed by atoms with Crippen LogP contribution in [-0.2, 0) is 22.4 Å². The summed E-state index contributed by atoms with van der Waals surface area (Å²) in [4.78, 5) is 30.0. The SMILES string of the molecule is O=C1[C@@H]2Cc3cccc(I)c3N2C(=O)[C@@H]2Cc3cccc(I)c3N12. The summed E-state index contributed by atoms with van der Waals surface area (Å²) < 4.78 is 2.07. The Morgan fingerprint density at radius 2 is 1.17 bits per heavy atom. The molecule has 0 aromatic heterocycles. The van der Waals surface area contributed by atoms with Crippen LogP contribution in [0.3, 0.4) is 0 Å². The van der Waals surface area contributed by atoms with Crippen molar-refractivity contribution >= 4 is 68.4 Å². The molecule has 2 amide bonds. The molecule has 24 heavy (non-hydrogen) atoms. The molecule has 0 radical (unpaired) electrons. The van der Waals surface area contributed by atoms with Crippen LogP contribution in [-0.4, -0.2) is 23.9 Å². The van der Waals surface area contributed by atoms with E-state index in [0.29, 0.717) is 12.8 Å². The molecule has 5 rings (SSSR count). The van der Waals surface area contributed by atoms with Crippen LogP contribution in [0.1, 0.15) is 11.1 Å². The molecular formula is C18H12I2N2O2. The predicted octanol–water partition coefficient (Wildman–Crippen LogP) is 3.13. The first-order valence-corrected chi connectivity index (χ1v) is 9.94. The molecule has 0 saturated carbocycles. The third-order valence-corrected chi connectivity index (χ3v) is 6.86. The van der Waals surface area contributed by atoms with Crippen molar-refractivity contribution in [3.05, 3.63) is 54.7 Å². The summed E-state index contributed by atoms with van der Waals surface area (Å²) in [6.07, 6.45) is 1.22. The lowest BCUT2D eigenvalue weighted by Crippen LogP contribution is -2.63. The number of nitrogens with zero attached hydrogens (tertiary/aromatic N) is 2. The highest BCUT2D eigenvalue weighted by molar-refractivity contribution is 14.1. The molecule has 0 unspecified atom stereocenters. The smallest absolute Gasteiger partial charge is 0.251 e. The standard InChI is InChI=1S/C18H12I2N2O2/c19-11-5-1-3-9-7-13-17(23)22-14(18(24)21(13)15(9)11)8-10-4-2-6-12(20)16(10)22/h1-6,13-14H,7-8H2/t13-,14-/m0/s1. The van der Waals surface area contributed by atoms with Crippen LogP contribution in [0.15, 0.2) is 36.4 Å². The molecule has 4 nitrogen and oxygen atoms in total. The Balaban J connectivity index is 1.67. The van der Waals surface area contributed by atoms with Gasteiger partial charge in [-0.05, 0) is 68.4 Å². The van der Waals surface area contributed by atoms with Crippen LogP contribution in [0.4, 0.5) is 11.4 Å². The highest BCUT2D eigenvalue weighted by atomic mass is 127. The number of carbonyl (C=O) groups excluding carboxylic acids is 2. The van der Waals surface area contributed by atoms with E-state index in [2.05, 4.69) is 45.2 Å². The van der Waals surface area contributed by atoms with Crippen molar-refractivity contribution in [3.8, 4) is 0 Å².